The van der Waals surface area contributed by atoms with E-state index in [1.807, 2.05) is 0 Å². The molecule has 0 aromatic heterocycles. The number of rotatable bonds is 0. The Kier molecular flexibility index (Phi) is 3.08. The highest BCUT2D eigenvalue weighted by Gasteiger charge is 2.12. The Morgan fingerprint density at radius 2 is 2.33 bits per heavy atom. The van der Waals surface area contributed by atoms with Crippen LogP contribution in [0.15, 0.2) is 4.99 Å². The van der Waals surface area contributed by atoms with Crippen molar-refractivity contribution in [1.29, 1.82) is 0 Å². The van der Waals surface area contributed by atoms with Crippen LogP contribution in [0.2, 0.25) is 0 Å². The first-order valence-electron chi connectivity index (χ1n) is 4.07. The van der Waals surface area contributed by atoms with Crippen LogP contribution in [0.25, 0.3) is 0 Å². The van der Waals surface area contributed by atoms with Crippen LogP contribution in [-0.2, 0) is 9.53 Å². The highest BCUT2D eigenvalue weighted by atomic mass is 16.5. The van der Waals surface area contributed by atoms with Gasteiger partial charge in [-0.1, -0.05) is 0 Å². The fourth-order valence-corrected chi connectivity index (χ4v) is 1.20. The molecule has 0 N–H and O–H groups in total. The molecule has 0 unspecified atom stereocenters. The third-order valence-corrected chi connectivity index (χ3v) is 1.93. The van der Waals surface area contributed by atoms with Gasteiger partial charge in [-0.05, 0) is 0 Å². The first-order chi connectivity index (χ1) is 5.74. The van der Waals surface area contributed by atoms with E-state index in [2.05, 4.69) is 4.99 Å². The maximum atomic E-state index is 11.0. The second-order valence-corrected chi connectivity index (χ2v) is 2.74. The lowest BCUT2D eigenvalue weighted by Gasteiger charge is -2.16. The maximum absolute atomic E-state index is 11.0. The van der Waals surface area contributed by atoms with Gasteiger partial charge >= 0.3 is 0 Å². The topological polar surface area (TPSA) is 41.9 Å². The predicted octanol–water partition coefficient (Wildman–Crippen LogP) is 0.283. The second kappa shape index (κ2) is 4.09. The molecule has 0 aromatic carbocycles. The normalized spacial score (nSPS) is 18.2. The van der Waals surface area contributed by atoms with Crippen molar-refractivity contribution < 1.29 is 9.53 Å². The minimum absolute atomic E-state index is 0.113. The Hall–Kier alpha value is -1.06. The average Bonchev–Trinajstić information content (AvgIpc) is 2.28. The Labute approximate surface area is 72.2 Å². The molecule has 1 aliphatic rings. The molecular weight excluding hydrogens is 156 g/mol. The van der Waals surface area contributed by atoms with Crippen molar-refractivity contribution in [2.75, 3.05) is 26.7 Å². The first kappa shape index (κ1) is 9.03. The number of methoxy groups -OCH3 is 1. The van der Waals surface area contributed by atoms with Crippen LogP contribution in [0.1, 0.15) is 13.3 Å². The molecule has 4 nitrogen and oxygen atoms in total. The first-order valence-corrected chi connectivity index (χ1v) is 4.07. The van der Waals surface area contributed by atoms with Crippen LogP contribution in [0, 0.1) is 0 Å². The minimum Gasteiger partial charge on any atom is -0.484 e. The number of hydrogen-bond donors (Lipinski definition) is 0. The van der Waals surface area contributed by atoms with Crippen LogP contribution in [0.5, 0.6) is 0 Å². The number of carbonyl (C=O) groups excluding carboxylic acids is 1. The van der Waals surface area contributed by atoms with Crippen LogP contribution < -0.4 is 0 Å². The molecule has 0 spiro atoms. The minimum atomic E-state index is 0.113. The van der Waals surface area contributed by atoms with Crippen LogP contribution in [0.4, 0.5) is 0 Å². The van der Waals surface area contributed by atoms with E-state index in [1.165, 1.54) is 0 Å². The summed E-state index contributed by atoms with van der Waals surface area (Å²) in [5, 5.41) is 0. The molecule has 1 aliphatic heterocycles. The number of nitrogens with zero attached hydrogens (tertiary/aromatic N) is 2. The van der Waals surface area contributed by atoms with E-state index < -0.39 is 0 Å². The van der Waals surface area contributed by atoms with Gasteiger partial charge in [0, 0.05) is 26.4 Å². The Morgan fingerprint density at radius 1 is 1.58 bits per heavy atom. The third-order valence-electron chi connectivity index (χ3n) is 1.93. The standard InChI is InChI=1S/C8H14N2O2/c1-7(11)10-5-3-8(12-2)9-4-6-10/h3-6H2,1-2H3. The van der Waals surface area contributed by atoms with Crippen molar-refractivity contribution in [2.45, 2.75) is 13.3 Å². The molecule has 1 heterocycles. The summed E-state index contributed by atoms with van der Waals surface area (Å²) in [5.74, 6) is 0.862. The zero-order valence-electron chi connectivity index (χ0n) is 7.54. The molecule has 1 rings (SSSR count). The van der Waals surface area contributed by atoms with Crippen LogP contribution in [0.3, 0.4) is 0 Å². The molecule has 4 heteroatoms. The van der Waals surface area contributed by atoms with E-state index >= 15 is 0 Å². The van der Waals surface area contributed by atoms with Gasteiger partial charge in [-0.15, -0.1) is 0 Å². The Bertz CT molecular complexity index is 201. The van der Waals surface area contributed by atoms with Gasteiger partial charge in [0.15, 0.2) is 5.90 Å². The smallest absolute Gasteiger partial charge is 0.219 e. The fraction of sp³-hybridized carbons (Fsp3) is 0.750. The van der Waals surface area contributed by atoms with Crippen molar-refractivity contribution in [3.8, 4) is 0 Å². The largest absolute Gasteiger partial charge is 0.484 e. The van der Waals surface area contributed by atoms with Gasteiger partial charge in [0.2, 0.25) is 5.91 Å². The third kappa shape index (κ3) is 2.22. The number of hydrogen-bond acceptors (Lipinski definition) is 3. The predicted molar refractivity (Wildman–Crippen MR) is 46.2 cm³/mol. The summed E-state index contributed by atoms with van der Waals surface area (Å²) in [7, 11) is 1.61. The van der Waals surface area contributed by atoms with Gasteiger partial charge in [-0.25, -0.2) is 0 Å². The van der Waals surface area contributed by atoms with E-state index in [0.717, 1.165) is 18.9 Å². The SMILES string of the molecule is COC1=NCCN(C(C)=O)CC1. The van der Waals surface area contributed by atoms with E-state index in [0.29, 0.717) is 13.1 Å². The highest BCUT2D eigenvalue weighted by molar-refractivity contribution is 5.78. The van der Waals surface area contributed by atoms with Crippen molar-refractivity contribution in [2.24, 2.45) is 4.99 Å². The molecule has 12 heavy (non-hydrogen) atoms. The lowest BCUT2D eigenvalue weighted by Crippen LogP contribution is -2.31. The quantitative estimate of drug-likeness (QED) is 0.524. The van der Waals surface area contributed by atoms with Crippen molar-refractivity contribution in [3.63, 3.8) is 0 Å². The van der Waals surface area contributed by atoms with Gasteiger partial charge in [0.1, 0.15) is 0 Å². The monoisotopic (exact) mass is 170 g/mol. The lowest BCUT2D eigenvalue weighted by molar-refractivity contribution is -0.128. The average molecular weight is 170 g/mol. The summed E-state index contributed by atoms with van der Waals surface area (Å²) >= 11 is 0. The van der Waals surface area contributed by atoms with E-state index in [9.17, 15) is 4.79 Å². The van der Waals surface area contributed by atoms with Crippen molar-refractivity contribution in [1.82, 2.24) is 4.90 Å². The number of ether oxygens (including phenoxy) is 1. The number of amides is 1. The molecule has 0 saturated heterocycles. The van der Waals surface area contributed by atoms with Gasteiger partial charge in [-0.3, -0.25) is 9.79 Å². The summed E-state index contributed by atoms with van der Waals surface area (Å²) < 4.78 is 5.01. The molecular formula is C8H14N2O2. The number of carbonyl (C=O) groups is 1. The lowest BCUT2D eigenvalue weighted by atomic mass is 10.4. The van der Waals surface area contributed by atoms with E-state index in [-0.39, 0.29) is 5.91 Å². The number of aliphatic imine (C=N–C) groups is 1. The van der Waals surface area contributed by atoms with Crippen molar-refractivity contribution >= 4 is 11.8 Å². The maximum Gasteiger partial charge on any atom is 0.219 e. The Balaban J connectivity index is 2.47. The zero-order chi connectivity index (χ0) is 8.97. The second-order valence-electron chi connectivity index (χ2n) is 2.74. The van der Waals surface area contributed by atoms with Gasteiger partial charge in [0.05, 0.1) is 13.7 Å². The van der Waals surface area contributed by atoms with Gasteiger partial charge < -0.3 is 9.64 Å². The summed E-state index contributed by atoms with van der Waals surface area (Å²) in [4.78, 5) is 16.9. The molecule has 0 aromatic rings. The van der Waals surface area contributed by atoms with Gasteiger partial charge in [0.25, 0.3) is 0 Å². The molecule has 0 aliphatic carbocycles. The summed E-state index contributed by atoms with van der Waals surface area (Å²) in [6.45, 7) is 3.67. The Morgan fingerprint density at radius 3 is 2.92 bits per heavy atom. The van der Waals surface area contributed by atoms with Gasteiger partial charge in [-0.2, -0.15) is 0 Å². The highest BCUT2D eigenvalue weighted by Crippen LogP contribution is 2.00. The van der Waals surface area contributed by atoms with Crippen molar-refractivity contribution in [3.05, 3.63) is 0 Å². The molecule has 1 amide bonds. The van der Waals surface area contributed by atoms with E-state index in [1.54, 1.807) is 18.9 Å². The molecule has 0 radical (unpaired) electrons. The molecule has 0 saturated carbocycles. The molecule has 0 bridgehead atoms. The van der Waals surface area contributed by atoms with Crippen LogP contribution >= 0.6 is 0 Å². The van der Waals surface area contributed by atoms with E-state index in [4.69, 9.17) is 4.74 Å². The summed E-state index contributed by atoms with van der Waals surface area (Å²) in [5.41, 5.74) is 0. The molecule has 0 atom stereocenters. The molecule has 0 fully saturated rings. The summed E-state index contributed by atoms with van der Waals surface area (Å²) in [6.07, 6.45) is 0.732. The summed E-state index contributed by atoms with van der Waals surface area (Å²) in [6, 6.07) is 0. The fourth-order valence-electron chi connectivity index (χ4n) is 1.20. The molecule has 68 valence electrons. The zero-order valence-corrected chi connectivity index (χ0v) is 7.54. The van der Waals surface area contributed by atoms with Crippen LogP contribution in [-0.4, -0.2) is 43.4 Å².